The number of halogens is 4. The second-order valence-corrected chi connectivity index (χ2v) is 10.7. The van der Waals surface area contributed by atoms with Gasteiger partial charge in [-0.3, -0.25) is 14.5 Å². The minimum atomic E-state index is -2.98. The molecule has 1 saturated carbocycles. The molecular weight excluding hydrogens is 548 g/mol. The predicted octanol–water partition coefficient (Wildman–Crippen LogP) is 1.86. The number of amides is 2. The lowest BCUT2D eigenvalue weighted by molar-refractivity contribution is -0.139. The van der Waals surface area contributed by atoms with Gasteiger partial charge in [0.15, 0.2) is 5.82 Å². The Morgan fingerprint density at radius 3 is 2.71 bits per heavy atom. The Labute approximate surface area is 235 Å². The van der Waals surface area contributed by atoms with Gasteiger partial charge in [0.25, 0.3) is 11.8 Å². The number of fused-ring (bicyclic) bond motifs is 1. The van der Waals surface area contributed by atoms with E-state index >= 15 is 0 Å². The molecule has 0 unspecified atom stereocenters. The van der Waals surface area contributed by atoms with Gasteiger partial charge in [-0.15, -0.1) is 0 Å². The summed E-state index contributed by atoms with van der Waals surface area (Å²) >= 11 is 0. The zero-order chi connectivity index (χ0) is 31.6. The first-order chi connectivity index (χ1) is 20.7. The Bertz CT molecular complexity index is 1610. The van der Waals surface area contributed by atoms with Crippen LogP contribution in [0, 0.1) is 5.92 Å². The molecular formula is C26H28F4N8O3. The summed E-state index contributed by atoms with van der Waals surface area (Å²) in [6.07, 6.45) is -0.102. The highest BCUT2D eigenvalue weighted by Gasteiger charge is 2.44. The first kappa shape index (κ1) is 23.7. The van der Waals surface area contributed by atoms with Crippen molar-refractivity contribution in [3.8, 4) is 17.1 Å². The number of ether oxygens (including phenoxy) is 1. The van der Waals surface area contributed by atoms with Crippen molar-refractivity contribution in [2.75, 3.05) is 39.0 Å². The van der Waals surface area contributed by atoms with Gasteiger partial charge < -0.3 is 20.7 Å². The maximum Gasteiger partial charge on any atom is 0.272 e. The number of alkyl halides is 4. The number of likely N-dealkylation sites (tertiary alicyclic amines) is 2. The number of nitrogens with zero attached hydrogens (tertiary/aromatic N) is 6. The first-order valence-corrected chi connectivity index (χ1v) is 13.0. The van der Waals surface area contributed by atoms with Crippen LogP contribution in [0.4, 0.5) is 23.4 Å². The molecule has 41 heavy (non-hydrogen) atoms. The Morgan fingerprint density at radius 2 is 2.00 bits per heavy atom. The molecule has 2 aliphatic heterocycles. The summed E-state index contributed by atoms with van der Waals surface area (Å²) in [5.41, 5.74) is 7.24. The molecule has 3 aromatic rings. The average molecular weight is 580 g/mol. The fraction of sp³-hybridized carbons (Fsp3) is 0.500. The van der Waals surface area contributed by atoms with Crippen molar-refractivity contribution < 1.29 is 36.0 Å². The SMILES string of the molecule is [2H]C([2H])([2H])Oc1ncc(-c2cc(CN3CC(F)(F)C3)c3c(N)ncnn23)cc1C(=O)N[C@@H]1CN(C(=O)C2CC(F)C2)C[C@@H]1F. The third-order valence-corrected chi connectivity index (χ3v) is 7.76. The van der Waals surface area contributed by atoms with E-state index < -0.39 is 62.1 Å². The molecule has 3 aliphatic rings. The molecule has 15 heteroatoms. The van der Waals surface area contributed by atoms with E-state index in [-0.39, 0.29) is 55.3 Å². The number of aromatic nitrogens is 4. The standard InChI is InChI=1S/C26H28F4N8O3/c1-41-24-17(23(39)35-19-9-37(8-18(19)28)25(40)13-2-16(27)3-13)4-14(6-32-24)20-5-15(7-36-10-26(29,30)11-36)21-22(31)33-12-34-38(20)21/h4-6,12-13,16,18-19H,2-3,7-11H2,1H3,(H,35,39)(H2,31,33,34)/t13?,16?,18-,19+/m0/s1/i1D3. The lowest BCUT2D eigenvalue weighted by Crippen LogP contribution is -2.55. The van der Waals surface area contributed by atoms with Gasteiger partial charge in [-0.25, -0.2) is 32.0 Å². The second-order valence-electron chi connectivity index (χ2n) is 10.7. The number of pyridine rings is 1. The van der Waals surface area contributed by atoms with Crippen molar-refractivity contribution in [1.29, 1.82) is 0 Å². The largest absolute Gasteiger partial charge is 0.480 e. The Morgan fingerprint density at radius 1 is 1.22 bits per heavy atom. The maximum absolute atomic E-state index is 15.0. The number of carbonyl (C=O) groups excluding carboxylic acids is 2. The van der Waals surface area contributed by atoms with Crippen LogP contribution in [0.1, 0.15) is 32.9 Å². The second kappa shape index (κ2) is 10.1. The minimum absolute atomic E-state index is 0.0782. The van der Waals surface area contributed by atoms with Gasteiger partial charge in [-0.05, 0) is 30.5 Å². The summed E-state index contributed by atoms with van der Waals surface area (Å²) in [6.45, 7) is -1.19. The molecule has 0 aromatic carbocycles. The van der Waals surface area contributed by atoms with Gasteiger partial charge >= 0.3 is 0 Å². The summed E-state index contributed by atoms with van der Waals surface area (Å²) in [5, 5.41) is 6.73. The van der Waals surface area contributed by atoms with Crippen molar-refractivity contribution >= 4 is 23.1 Å². The number of methoxy groups -OCH3 is 1. The van der Waals surface area contributed by atoms with E-state index in [2.05, 4.69) is 20.4 Å². The van der Waals surface area contributed by atoms with Gasteiger partial charge in [0.2, 0.25) is 11.8 Å². The summed E-state index contributed by atoms with van der Waals surface area (Å²) < 4.78 is 84.0. The van der Waals surface area contributed by atoms with E-state index in [1.54, 1.807) is 6.07 Å². The van der Waals surface area contributed by atoms with Gasteiger partial charge in [0.05, 0.1) is 42.5 Å². The number of nitrogens with one attached hydrogen (secondary N) is 1. The third kappa shape index (κ3) is 5.02. The molecule has 5 heterocycles. The zero-order valence-electron chi connectivity index (χ0n) is 24.6. The molecule has 3 fully saturated rings. The third-order valence-electron chi connectivity index (χ3n) is 7.76. The highest BCUT2D eigenvalue weighted by atomic mass is 19.3. The number of anilines is 1. The number of carbonyl (C=O) groups is 2. The lowest BCUT2D eigenvalue weighted by Gasteiger charge is -2.38. The maximum atomic E-state index is 15.0. The van der Waals surface area contributed by atoms with Crippen molar-refractivity contribution in [2.45, 2.75) is 43.7 Å². The molecule has 0 spiro atoms. The van der Waals surface area contributed by atoms with Crippen LogP contribution in [0.2, 0.25) is 0 Å². The number of rotatable bonds is 7. The van der Waals surface area contributed by atoms with Crippen molar-refractivity contribution in [2.24, 2.45) is 5.92 Å². The van der Waals surface area contributed by atoms with Crippen LogP contribution in [0.25, 0.3) is 16.8 Å². The van der Waals surface area contributed by atoms with Crippen LogP contribution in [0.5, 0.6) is 5.88 Å². The van der Waals surface area contributed by atoms with Crippen LogP contribution in [0.15, 0.2) is 24.7 Å². The molecule has 218 valence electrons. The number of hydrogen-bond acceptors (Lipinski definition) is 8. The quantitative estimate of drug-likeness (QED) is 0.406. The fourth-order valence-electron chi connectivity index (χ4n) is 5.60. The zero-order valence-corrected chi connectivity index (χ0v) is 21.6. The van der Waals surface area contributed by atoms with Crippen molar-refractivity contribution in [3.05, 3.63) is 35.8 Å². The van der Waals surface area contributed by atoms with E-state index in [0.29, 0.717) is 16.8 Å². The summed E-state index contributed by atoms with van der Waals surface area (Å²) in [7, 11) is -2.98. The number of nitrogen functional groups attached to an aromatic ring is 1. The highest BCUT2D eigenvalue weighted by Crippen LogP contribution is 2.35. The van der Waals surface area contributed by atoms with Gasteiger partial charge in [-0.2, -0.15) is 5.10 Å². The van der Waals surface area contributed by atoms with Gasteiger partial charge in [-0.1, -0.05) is 0 Å². The Balaban J connectivity index is 1.29. The average Bonchev–Trinajstić information content (AvgIpc) is 3.45. The normalized spacial score (nSPS) is 26.9. The monoisotopic (exact) mass is 579 g/mol. The molecule has 3 N–H and O–H groups in total. The molecule has 6 rings (SSSR count). The van der Waals surface area contributed by atoms with Crippen LogP contribution in [0.3, 0.4) is 0 Å². The number of nitrogens with two attached hydrogens (primary N) is 1. The summed E-state index contributed by atoms with van der Waals surface area (Å²) in [5.74, 6) is -5.07. The van der Waals surface area contributed by atoms with Crippen LogP contribution in [-0.4, -0.2) is 98.7 Å². The predicted molar refractivity (Wildman–Crippen MR) is 138 cm³/mol. The van der Waals surface area contributed by atoms with Gasteiger partial charge in [0, 0.05) is 30.8 Å². The summed E-state index contributed by atoms with van der Waals surface area (Å²) in [6, 6.07) is 1.78. The van der Waals surface area contributed by atoms with Crippen LogP contribution >= 0.6 is 0 Å². The molecule has 3 aromatic heterocycles. The Kier molecular flexibility index (Phi) is 5.84. The molecule has 1 aliphatic carbocycles. The highest BCUT2D eigenvalue weighted by molar-refractivity contribution is 5.98. The van der Waals surface area contributed by atoms with E-state index in [9.17, 15) is 27.2 Å². The molecule has 11 nitrogen and oxygen atoms in total. The lowest BCUT2D eigenvalue weighted by atomic mass is 9.82. The Hall–Kier alpha value is -4.01. The van der Waals surface area contributed by atoms with E-state index in [0.717, 1.165) is 0 Å². The van der Waals surface area contributed by atoms with Gasteiger partial charge in [0.1, 0.15) is 29.8 Å². The van der Waals surface area contributed by atoms with Crippen LogP contribution < -0.4 is 15.8 Å². The van der Waals surface area contributed by atoms with E-state index in [4.69, 9.17) is 14.6 Å². The molecule has 0 bridgehead atoms. The minimum Gasteiger partial charge on any atom is -0.480 e. The fourth-order valence-corrected chi connectivity index (χ4v) is 5.60. The molecule has 2 atom stereocenters. The molecule has 2 saturated heterocycles. The molecule has 0 radical (unpaired) electrons. The van der Waals surface area contributed by atoms with Crippen LogP contribution in [-0.2, 0) is 11.3 Å². The summed E-state index contributed by atoms with van der Waals surface area (Å²) in [4.78, 5) is 36.9. The smallest absolute Gasteiger partial charge is 0.272 e. The van der Waals surface area contributed by atoms with E-state index in [1.165, 1.54) is 32.9 Å². The topological polar surface area (TPSA) is 131 Å². The first-order valence-electron chi connectivity index (χ1n) is 14.5. The van der Waals surface area contributed by atoms with Crippen molar-refractivity contribution in [1.82, 2.24) is 34.7 Å². The van der Waals surface area contributed by atoms with E-state index in [1.807, 2.05) is 0 Å². The molecule has 2 amide bonds. The number of hydrogen-bond donors (Lipinski definition) is 2. The van der Waals surface area contributed by atoms with Crippen molar-refractivity contribution in [3.63, 3.8) is 0 Å².